The maximum absolute atomic E-state index is 6.20. The fraction of sp³-hybridized carbons (Fsp3) is 0.706. The Kier molecular flexibility index (Phi) is 4.98. The molecular formula is C17H27N7O. The van der Waals surface area contributed by atoms with Gasteiger partial charge in [0.15, 0.2) is 5.96 Å². The first-order chi connectivity index (χ1) is 12.3. The van der Waals surface area contributed by atoms with Crippen LogP contribution in [0.3, 0.4) is 0 Å². The predicted octanol–water partition coefficient (Wildman–Crippen LogP) is -0.223. The number of anilines is 1. The van der Waals surface area contributed by atoms with Crippen molar-refractivity contribution < 1.29 is 4.74 Å². The van der Waals surface area contributed by atoms with Crippen LogP contribution in [-0.4, -0.2) is 90.3 Å². The number of nitrogens with two attached hydrogens (primary N) is 1. The quantitative estimate of drug-likeness (QED) is 0.596. The van der Waals surface area contributed by atoms with Crippen molar-refractivity contribution in [2.75, 3.05) is 57.3 Å². The number of morpholine rings is 1. The molecule has 0 radical (unpaired) electrons. The highest BCUT2D eigenvalue weighted by Gasteiger charge is 2.33. The zero-order valence-corrected chi connectivity index (χ0v) is 14.6. The van der Waals surface area contributed by atoms with Crippen molar-refractivity contribution in [1.82, 2.24) is 19.8 Å². The highest BCUT2D eigenvalue weighted by atomic mass is 16.5. The van der Waals surface area contributed by atoms with Crippen molar-refractivity contribution in [3.8, 4) is 0 Å². The van der Waals surface area contributed by atoms with Gasteiger partial charge in [0.25, 0.3) is 0 Å². The Morgan fingerprint density at radius 2 is 1.80 bits per heavy atom. The highest BCUT2D eigenvalue weighted by Crippen LogP contribution is 2.25. The minimum absolute atomic E-state index is 0.438. The summed E-state index contributed by atoms with van der Waals surface area (Å²) in [7, 11) is 0. The number of ether oxygens (including phenoxy) is 1. The lowest BCUT2D eigenvalue weighted by Crippen LogP contribution is -2.51. The van der Waals surface area contributed by atoms with Crippen molar-refractivity contribution in [2.24, 2.45) is 10.7 Å². The normalized spacial score (nSPS) is 27.8. The van der Waals surface area contributed by atoms with Gasteiger partial charge in [0.05, 0.1) is 18.8 Å². The van der Waals surface area contributed by atoms with Crippen LogP contribution in [0.2, 0.25) is 0 Å². The Morgan fingerprint density at radius 1 is 1.12 bits per heavy atom. The lowest BCUT2D eigenvalue weighted by Gasteiger charge is -2.35. The molecule has 3 aliphatic rings. The van der Waals surface area contributed by atoms with Gasteiger partial charge in [-0.05, 0) is 18.9 Å². The van der Waals surface area contributed by atoms with Crippen LogP contribution in [0, 0.1) is 0 Å². The molecule has 1 aromatic heterocycles. The maximum Gasteiger partial charge on any atom is 0.225 e. The van der Waals surface area contributed by atoms with Crippen molar-refractivity contribution in [2.45, 2.75) is 25.0 Å². The standard InChI is InChI=1S/C17H27N7O/c18-16(19-6-7-22-12-14-2-3-15(13-22)25-14)23-8-10-24(11-9-23)17-20-4-1-5-21-17/h1,4-5,14-15H,2-3,6-13H2,(H2,18,19). The summed E-state index contributed by atoms with van der Waals surface area (Å²) in [5.74, 6) is 1.45. The van der Waals surface area contributed by atoms with Gasteiger partial charge in [-0.1, -0.05) is 0 Å². The number of nitrogens with zero attached hydrogens (tertiary/aromatic N) is 6. The molecule has 2 bridgehead atoms. The zero-order chi connectivity index (χ0) is 17.1. The summed E-state index contributed by atoms with van der Waals surface area (Å²) in [5, 5.41) is 0. The molecule has 2 atom stereocenters. The zero-order valence-electron chi connectivity index (χ0n) is 14.6. The van der Waals surface area contributed by atoms with E-state index in [9.17, 15) is 0 Å². The molecule has 0 saturated carbocycles. The molecule has 0 aromatic carbocycles. The van der Waals surface area contributed by atoms with E-state index in [1.54, 1.807) is 12.4 Å². The minimum atomic E-state index is 0.438. The fourth-order valence-electron chi connectivity index (χ4n) is 3.88. The van der Waals surface area contributed by atoms with E-state index in [2.05, 4.69) is 29.7 Å². The van der Waals surface area contributed by atoms with E-state index in [4.69, 9.17) is 10.5 Å². The maximum atomic E-state index is 6.20. The second-order valence-corrected chi connectivity index (χ2v) is 6.98. The van der Waals surface area contributed by atoms with Gasteiger partial charge in [0.1, 0.15) is 0 Å². The molecule has 2 unspecified atom stereocenters. The van der Waals surface area contributed by atoms with Gasteiger partial charge >= 0.3 is 0 Å². The van der Waals surface area contributed by atoms with Gasteiger partial charge in [-0.2, -0.15) is 0 Å². The van der Waals surface area contributed by atoms with E-state index in [0.717, 1.165) is 58.3 Å². The van der Waals surface area contributed by atoms with Gasteiger partial charge in [0, 0.05) is 58.2 Å². The monoisotopic (exact) mass is 345 g/mol. The number of guanidine groups is 1. The first-order valence-electron chi connectivity index (χ1n) is 9.22. The smallest absolute Gasteiger partial charge is 0.225 e. The third kappa shape index (κ3) is 4.01. The summed E-state index contributed by atoms with van der Waals surface area (Å²) in [6.07, 6.45) is 6.86. The predicted molar refractivity (Wildman–Crippen MR) is 96.6 cm³/mol. The van der Waals surface area contributed by atoms with Crippen LogP contribution in [0.15, 0.2) is 23.5 Å². The average molecular weight is 345 g/mol. The van der Waals surface area contributed by atoms with E-state index in [1.807, 2.05) is 6.07 Å². The number of aromatic nitrogens is 2. The molecule has 1 aromatic rings. The minimum Gasteiger partial charge on any atom is -0.372 e. The van der Waals surface area contributed by atoms with Crippen LogP contribution in [0.1, 0.15) is 12.8 Å². The number of fused-ring (bicyclic) bond motifs is 2. The Hall–Kier alpha value is -1.93. The number of likely N-dealkylation sites (tertiary alicyclic amines) is 1. The third-order valence-corrected chi connectivity index (χ3v) is 5.25. The summed E-state index contributed by atoms with van der Waals surface area (Å²) < 4.78 is 5.87. The molecule has 8 heteroatoms. The van der Waals surface area contributed by atoms with Crippen LogP contribution >= 0.6 is 0 Å². The van der Waals surface area contributed by atoms with Gasteiger partial charge in [-0.15, -0.1) is 0 Å². The Bertz CT molecular complexity index is 576. The molecular weight excluding hydrogens is 318 g/mol. The largest absolute Gasteiger partial charge is 0.372 e. The Balaban J connectivity index is 1.22. The first-order valence-corrected chi connectivity index (χ1v) is 9.22. The molecule has 25 heavy (non-hydrogen) atoms. The number of hydrogen-bond donors (Lipinski definition) is 1. The van der Waals surface area contributed by atoms with E-state index < -0.39 is 0 Å². The molecule has 2 N–H and O–H groups in total. The molecule has 0 amide bonds. The van der Waals surface area contributed by atoms with Gasteiger partial charge in [-0.3, -0.25) is 9.89 Å². The van der Waals surface area contributed by atoms with E-state index in [-0.39, 0.29) is 0 Å². The van der Waals surface area contributed by atoms with Gasteiger partial charge < -0.3 is 20.3 Å². The summed E-state index contributed by atoms with van der Waals surface area (Å²) in [4.78, 5) is 20.0. The average Bonchev–Trinajstić information content (AvgIpc) is 3.01. The van der Waals surface area contributed by atoms with E-state index >= 15 is 0 Å². The second kappa shape index (κ2) is 7.53. The molecule has 8 nitrogen and oxygen atoms in total. The van der Waals surface area contributed by atoms with Crippen LogP contribution < -0.4 is 10.6 Å². The molecule has 3 aliphatic heterocycles. The van der Waals surface area contributed by atoms with E-state index in [1.165, 1.54) is 12.8 Å². The molecule has 4 heterocycles. The molecule has 0 spiro atoms. The first kappa shape index (κ1) is 16.5. The van der Waals surface area contributed by atoms with Crippen molar-refractivity contribution in [3.05, 3.63) is 18.5 Å². The molecule has 3 saturated heterocycles. The van der Waals surface area contributed by atoms with Crippen molar-refractivity contribution in [3.63, 3.8) is 0 Å². The number of piperazine rings is 1. The summed E-state index contributed by atoms with van der Waals surface area (Å²) in [5.41, 5.74) is 6.20. The van der Waals surface area contributed by atoms with Crippen LogP contribution in [0.5, 0.6) is 0 Å². The van der Waals surface area contributed by atoms with E-state index in [0.29, 0.717) is 18.2 Å². The third-order valence-electron chi connectivity index (χ3n) is 5.25. The second-order valence-electron chi connectivity index (χ2n) is 6.98. The lowest BCUT2D eigenvalue weighted by molar-refractivity contribution is -0.0370. The van der Waals surface area contributed by atoms with Crippen LogP contribution in [-0.2, 0) is 4.74 Å². The summed E-state index contributed by atoms with van der Waals surface area (Å²) in [6.45, 7) is 7.26. The molecule has 3 fully saturated rings. The number of rotatable bonds is 4. The fourth-order valence-corrected chi connectivity index (χ4v) is 3.88. The number of aliphatic imine (C=N–C) groups is 1. The molecule has 4 rings (SSSR count). The van der Waals surface area contributed by atoms with Crippen molar-refractivity contribution in [1.29, 1.82) is 0 Å². The summed E-state index contributed by atoms with van der Waals surface area (Å²) >= 11 is 0. The van der Waals surface area contributed by atoms with Gasteiger partial charge in [0.2, 0.25) is 5.95 Å². The summed E-state index contributed by atoms with van der Waals surface area (Å²) in [6, 6.07) is 1.84. The highest BCUT2D eigenvalue weighted by molar-refractivity contribution is 5.78. The lowest BCUT2D eigenvalue weighted by atomic mass is 10.2. The Labute approximate surface area is 148 Å². The topological polar surface area (TPSA) is 83.1 Å². The van der Waals surface area contributed by atoms with Crippen molar-refractivity contribution >= 4 is 11.9 Å². The van der Waals surface area contributed by atoms with Gasteiger partial charge in [-0.25, -0.2) is 9.97 Å². The van der Waals surface area contributed by atoms with Crippen LogP contribution in [0.25, 0.3) is 0 Å². The number of hydrogen-bond acceptors (Lipinski definition) is 6. The molecule has 0 aliphatic carbocycles. The SMILES string of the molecule is NC(=NCCN1CC2CCC(C1)O2)N1CCN(c2ncccn2)CC1. The molecule has 136 valence electrons. The Morgan fingerprint density at radius 3 is 2.48 bits per heavy atom. The van der Waals surface area contributed by atoms with Crippen LogP contribution in [0.4, 0.5) is 5.95 Å².